The Hall–Kier alpha value is -1.35. The van der Waals surface area contributed by atoms with Crippen molar-refractivity contribution in [2.45, 2.75) is 12.3 Å². The Bertz CT molecular complexity index is 566. The van der Waals surface area contributed by atoms with Crippen LogP contribution in [-0.4, -0.2) is 31.9 Å². The zero-order chi connectivity index (χ0) is 14.3. The van der Waals surface area contributed by atoms with Gasteiger partial charge in [-0.1, -0.05) is 9.95 Å². The summed E-state index contributed by atoms with van der Waals surface area (Å²) in [6.45, 7) is -0.426. The van der Waals surface area contributed by atoms with Gasteiger partial charge in [-0.15, -0.1) is 0 Å². The van der Waals surface area contributed by atoms with E-state index >= 15 is 0 Å². The molecule has 4 nitrogen and oxygen atoms in total. The molecule has 1 saturated heterocycles. The Morgan fingerprint density at radius 3 is 2.42 bits per heavy atom. The van der Waals surface area contributed by atoms with Gasteiger partial charge in [-0.3, -0.25) is 0 Å². The minimum atomic E-state index is -4.75. The van der Waals surface area contributed by atoms with Gasteiger partial charge in [0.2, 0.25) is 0 Å². The number of benzene rings is 1. The third-order valence-corrected chi connectivity index (χ3v) is 3.50. The van der Waals surface area contributed by atoms with Crippen LogP contribution < -0.4 is 4.74 Å². The summed E-state index contributed by atoms with van der Waals surface area (Å²) in [5.74, 6) is -0.0317. The van der Waals surface area contributed by atoms with Crippen molar-refractivity contribution in [2.75, 3.05) is 13.1 Å². The molecule has 0 aliphatic carbocycles. The molecule has 1 aromatic carbocycles. The van der Waals surface area contributed by atoms with E-state index in [4.69, 9.17) is 4.74 Å². The maximum Gasteiger partial charge on any atom is 0.416 e. The molecule has 0 saturated carbocycles. The molecule has 1 heterocycles. The highest BCUT2D eigenvalue weighted by Crippen LogP contribution is 2.32. The van der Waals surface area contributed by atoms with Crippen LogP contribution in [0.4, 0.5) is 17.1 Å². The van der Waals surface area contributed by atoms with Crippen LogP contribution in [-0.2, 0) is 16.6 Å². The number of nitrogens with zero attached hydrogens (tertiary/aromatic N) is 1. The van der Waals surface area contributed by atoms with E-state index in [2.05, 4.69) is 0 Å². The molecule has 1 aliphatic rings. The van der Waals surface area contributed by atoms with Crippen molar-refractivity contribution in [1.29, 1.82) is 0 Å². The molecule has 1 fully saturated rings. The highest BCUT2D eigenvalue weighted by Gasteiger charge is 2.37. The number of hydrogen-bond donors (Lipinski definition) is 0. The molecule has 0 atom stereocenters. The fraction of sp³-hybridized carbons (Fsp3) is 0.400. The first-order valence-electron chi connectivity index (χ1n) is 5.20. The number of hydrogen-bond acceptors (Lipinski definition) is 3. The van der Waals surface area contributed by atoms with E-state index < -0.39 is 28.3 Å². The minimum absolute atomic E-state index is 0.0317. The molecular weight excluding hydrogens is 290 g/mol. The van der Waals surface area contributed by atoms with Crippen LogP contribution in [0, 0.1) is 0 Å². The molecule has 2 rings (SSSR count). The second kappa shape index (κ2) is 4.64. The molecule has 0 amide bonds. The highest BCUT2D eigenvalue weighted by molar-refractivity contribution is 7.84. The molecule has 19 heavy (non-hydrogen) atoms. The van der Waals surface area contributed by atoms with E-state index in [-0.39, 0.29) is 18.8 Å². The average molecular weight is 299 g/mol. The van der Waals surface area contributed by atoms with Gasteiger partial charge in [0, 0.05) is 0 Å². The minimum Gasteiger partial charge on any atom is -0.488 e. The van der Waals surface area contributed by atoms with Crippen LogP contribution in [0.3, 0.4) is 0 Å². The third kappa shape index (κ3) is 3.35. The van der Waals surface area contributed by atoms with Gasteiger partial charge in [0.15, 0.2) is 0 Å². The van der Waals surface area contributed by atoms with E-state index in [1.54, 1.807) is 0 Å². The number of alkyl halides is 3. The fourth-order valence-electron chi connectivity index (χ4n) is 1.59. The van der Waals surface area contributed by atoms with Gasteiger partial charge in [-0.25, -0.2) is 0 Å². The average Bonchev–Trinajstić information content (AvgIpc) is 2.20. The van der Waals surface area contributed by atoms with Gasteiger partial charge in [-0.05, 0) is 18.2 Å². The van der Waals surface area contributed by atoms with Crippen molar-refractivity contribution in [3.05, 3.63) is 29.8 Å². The smallest absolute Gasteiger partial charge is 0.416 e. The topological polar surface area (TPSA) is 46.6 Å². The van der Waals surface area contributed by atoms with Crippen LogP contribution >= 0.6 is 0 Å². The molecule has 1 aromatic rings. The maximum absolute atomic E-state index is 12.5. The summed E-state index contributed by atoms with van der Waals surface area (Å²) in [6, 6.07) is 4.21. The first-order chi connectivity index (χ1) is 8.66. The zero-order valence-electron chi connectivity index (χ0n) is 9.39. The monoisotopic (exact) mass is 299 g/mol. The summed E-state index contributed by atoms with van der Waals surface area (Å²) in [6.07, 6.45) is -5.12. The lowest BCUT2D eigenvalue weighted by molar-refractivity contribution is -0.137. The SMILES string of the molecule is O=S(=O)(F)N1CC(Oc2cccc(C(F)(F)F)c2)C1. The summed E-state index contributed by atoms with van der Waals surface area (Å²) < 4.78 is 76.3. The van der Waals surface area contributed by atoms with Gasteiger partial charge in [0.05, 0.1) is 18.7 Å². The normalized spacial score (nSPS) is 18.1. The first-order valence-corrected chi connectivity index (χ1v) is 6.54. The van der Waals surface area contributed by atoms with Crippen molar-refractivity contribution in [2.24, 2.45) is 0 Å². The third-order valence-electron chi connectivity index (χ3n) is 2.59. The van der Waals surface area contributed by atoms with Crippen molar-refractivity contribution in [1.82, 2.24) is 4.31 Å². The van der Waals surface area contributed by atoms with Gasteiger partial charge >= 0.3 is 16.6 Å². The van der Waals surface area contributed by atoms with Crippen LogP contribution in [0.25, 0.3) is 0 Å². The number of ether oxygens (including phenoxy) is 1. The molecule has 0 unspecified atom stereocenters. The molecule has 0 N–H and O–H groups in total. The predicted octanol–water partition coefficient (Wildman–Crippen LogP) is 1.98. The Morgan fingerprint density at radius 2 is 1.89 bits per heavy atom. The van der Waals surface area contributed by atoms with E-state index in [0.29, 0.717) is 4.31 Å². The molecule has 106 valence electrons. The van der Waals surface area contributed by atoms with Crippen molar-refractivity contribution in [3.63, 3.8) is 0 Å². The molecule has 0 bridgehead atoms. The van der Waals surface area contributed by atoms with Gasteiger partial charge in [0.1, 0.15) is 11.9 Å². The van der Waals surface area contributed by atoms with Crippen LogP contribution in [0.5, 0.6) is 5.75 Å². The summed E-state index contributed by atoms with van der Waals surface area (Å²) in [5, 5.41) is 0. The standard InChI is InChI=1S/C10H9F4NO3S/c11-10(12,13)7-2-1-3-8(4-7)18-9-5-15(6-9)19(14,16)17/h1-4,9H,5-6H2. The van der Waals surface area contributed by atoms with Crippen molar-refractivity contribution in [3.8, 4) is 5.75 Å². The first kappa shape index (κ1) is 14.1. The Kier molecular flexibility index (Phi) is 3.43. The van der Waals surface area contributed by atoms with Crippen LogP contribution in [0.1, 0.15) is 5.56 Å². The van der Waals surface area contributed by atoms with E-state index in [9.17, 15) is 25.5 Å². The Labute approximate surface area is 106 Å². The fourth-order valence-corrected chi connectivity index (χ4v) is 2.28. The van der Waals surface area contributed by atoms with Gasteiger partial charge in [0.25, 0.3) is 0 Å². The second-order valence-corrected chi connectivity index (χ2v) is 5.37. The van der Waals surface area contributed by atoms with Gasteiger partial charge < -0.3 is 4.74 Å². The van der Waals surface area contributed by atoms with Crippen LogP contribution in [0.2, 0.25) is 0 Å². The van der Waals surface area contributed by atoms with E-state index in [0.717, 1.165) is 12.1 Å². The summed E-state index contributed by atoms with van der Waals surface area (Å²) >= 11 is 0. The summed E-state index contributed by atoms with van der Waals surface area (Å²) in [5.41, 5.74) is -0.862. The number of halogens is 4. The molecule has 0 aromatic heterocycles. The number of rotatable bonds is 3. The van der Waals surface area contributed by atoms with Crippen molar-refractivity contribution >= 4 is 10.4 Å². The van der Waals surface area contributed by atoms with Gasteiger partial charge in [-0.2, -0.15) is 25.9 Å². The molecular formula is C10H9F4NO3S. The zero-order valence-corrected chi connectivity index (χ0v) is 10.2. The lowest BCUT2D eigenvalue weighted by Crippen LogP contribution is -2.54. The molecule has 0 radical (unpaired) electrons. The molecule has 9 heteroatoms. The van der Waals surface area contributed by atoms with E-state index in [1.807, 2.05) is 0 Å². The van der Waals surface area contributed by atoms with E-state index in [1.165, 1.54) is 12.1 Å². The largest absolute Gasteiger partial charge is 0.488 e. The lowest BCUT2D eigenvalue weighted by atomic mass is 10.2. The molecule has 0 spiro atoms. The van der Waals surface area contributed by atoms with Crippen molar-refractivity contribution < 1.29 is 30.2 Å². The summed E-state index contributed by atoms with van der Waals surface area (Å²) in [7, 11) is -4.75. The quantitative estimate of drug-likeness (QED) is 0.633. The predicted molar refractivity (Wildman–Crippen MR) is 57.5 cm³/mol. The highest BCUT2D eigenvalue weighted by atomic mass is 32.3. The second-order valence-electron chi connectivity index (χ2n) is 4.02. The van der Waals surface area contributed by atoms with Crippen LogP contribution in [0.15, 0.2) is 24.3 Å². The Balaban J connectivity index is 1.99. The molecule has 1 aliphatic heterocycles. The summed E-state index contributed by atoms with van der Waals surface area (Å²) in [4.78, 5) is 0. The lowest BCUT2D eigenvalue weighted by Gasteiger charge is -2.35. The maximum atomic E-state index is 12.5. The Morgan fingerprint density at radius 1 is 1.26 bits per heavy atom.